The van der Waals surface area contributed by atoms with Gasteiger partial charge in [0.2, 0.25) is 5.91 Å². The Morgan fingerprint density at radius 1 is 1.00 bits per heavy atom. The lowest BCUT2D eigenvalue weighted by Crippen LogP contribution is -2.49. The number of benzene rings is 2. The van der Waals surface area contributed by atoms with E-state index in [1.165, 1.54) is 17.7 Å². The molecule has 6 heteroatoms. The largest absolute Gasteiger partial charge is 0.369 e. The van der Waals surface area contributed by atoms with Gasteiger partial charge >= 0.3 is 0 Å². The van der Waals surface area contributed by atoms with Crippen molar-refractivity contribution in [3.8, 4) is 0 Å². The highest BCUT2D eigenvalue weighted by Crippen LogP contribution is 2.16. The summed E-state index contributed by atoms with van der Waals surface area (Å²) in [5, 5.41) is 3.01. The van der Waals surface area contributed by atoms with E-state index in [0.717, 1.165) is 43.4 Å². The number of piperazine rings is 1. The van der Waals surface area contributed by atoms with Crippen LogP contribution < -0.4 is 10.2 Å². The quantitative estimate of drug-likeness (QED) is 0.707. The maximum absolute atomic E-state index is 13.0. The maximum Gasteiger partial charge on any atom is 0.234 e. The first-order chi connectivity index (χ1) is 13.2. The van der Waals surface area contributed by atoms with Crippen LogP contribution >= 0.6 is 11.8 Å². The summed E-state index contributed by atoms with van der Waals surface area (Å²) in [6.07, 6.45) is 0. The molecule has 0 aliphatic carbocycles. The summed E-state index contributed by atoms with van der Waals surface area (Å²) >= 11 is 1.83. The Bertz CT molecular complexity index is 703. The number of nitrogens with zero attached hydrogens (tertiary/aromatic N) is 2. The summed E-state index contributed by atoms with van der Waals surface area (Å²) in [4.78, 5) is 16.5. The van der Waals surface area contributed by atoms with Crippen LogP contribution in [0.1, 0.15) is 5.56 Å². The van der Waals surface area contributed by atoms with Gasteiger partial charge in [0.25, 0.3) is 0 Å². The van der Waals surface area contributed by atoms with Crippen molar-refractivity contribution in [1.29, 1.82) is 0 Å². The molecule has 0 unspecified atom stereocenters. The zero-order valence-electron chi connectivity index (χ0n) is 15.4. The van der Waals surface area contributed by atoms with Crippen molar-refractivity contribution in [2.45, 2.75) is 5.75 Å². The van der Waals surface area contributed by atoms with Crippen LogP contribution in [0.15, 0.2) is 54.6 Å². The third kappa shape index (κ3) is 6.56. The van der Waals surface area contributed by atoms with Crippen molar-refractivity contribution < 1.29 is 9.18 Å². The summed E-state index contributed by atoms with van der Waals surface area (Å²) in [6, 6.07) is 17.0. The highest BCUT2D eigenvalue weighted by molar-refractivity contribution is 7.98. The molecule has 0 spiro atoms. The van der Waals surface area contributed by atoms with E-state index in [1.807, 2.05) is 42.1 Å². The van der Waals surface area contributed by atoms with Gasteiger partial charge < -0.3 is 10.2 Å². The fourth-order valence-corrected chi connectivity index (χ4v) is 3.92. The summed E-state index contributed by atoms with van der Waals surface area (Å²) in [6.45, 7) is 4.53. The second-order valence-corrected chi connectivity index (χ2v) is 7.73. The van der Waals surface area contributed by atoms with Crippen molar-refractivity contribution in [3.63, 3.8) is 0 Å². The highest BCUT2D eigenvalue weighted by atomic mass is 32.2. The molecule has 0 bridgehead atoms. The molecule has 0 aromatic heterocycles. The Kier molecular flexibility index (Phi) is 7.54. The number of thioether (sulfide) groups is 1. The smallest absolute Gasteiger partial charge is 0.234 e. The molecule has 2 aromatic carbocycles. The third-order valence-corrected chi connectivity index (χ3v) is 5.64. The number of rotatable bonds is 8. The van der Waals surface area contributed by atoms with Gasteiger partial charge in [-0.25, -0.2) is 4.39 Å². The molecular formula is C21H26FN3OS. The molecule has 27 heavy (non-hydrogen) atoms. The Labute approximate surface area is 164 Å². The molecule has 1 saturated heterocycles. The average Bonchev–Trinajstić information content (AvgIpc) is 2.70. The molecule has 0 saturated carbocycles. The van der Waals surface area contributed by atoms with Gasteiger partial charge in [-0.2, -0.15) is 11.8 Å². The van der Waals surface area contributed by atoms with Gasteiger partial charge in [0.15, 0.2) is 0 Å². The molecule has 4 nitrogen and oxygen atoms in total. The molecule has 1 aliphatic heterocycles. The van der Waals surface area contributed by atoms with Crippen LogP contribution in [0.25, 0.3) is 0 Å². The third-order valence-electron chi connectivity index (χ3n) is 4.61. The van der Waals surface area contributed by atoms with Crippen LogP contribution in [0.2, 0.25) is 0 Å². The first-order valence-corrected chi connectivity index (χ1v) is 10.5. The van der Waals surface area contributed by atoms with Gasteiger partial charge in [-0.15, -0.1) is 0 Å². The first-order valence-electron chi connectivity index (χ1n) is 9.32. The Balaban J connectivity index is 1.28. The minimum absolute atomic E-state index is 0.0885. The van der Waals surface area contributed by atoms with Gasteiger partial charge in [0.1, 0.15) is 5.82 Å². The van der Waals surface area contributed by atoms with E-state index in [4.69, 9.17) is 0 Å². The fraction of sp³-hybridized carbons (Fsp3) is 0.381. The van der Waals surface area contributed by atoms with E-state index < -0.39 is 0 Å². The molecule has 0 radical (unpaired) electrons. The lowest BCUT2D eigenvalue weighted by molar-refractivity contribution is -0.122. The van der Waals surface area contributed by atoms with Crippen molar-refractivity contribution in [3.05, 3.63) is 66.0 Å². The monoisotopic (exact) mass is 387 g/mol. The van der Waals surface area contributed by atoms with E-state index >= 15 is 0 Å². The summed E-state index contributed by atoms with van der Waals surface area (Å²) in [5.41, 5.74) is 2.35. The van der Waals surface area contributed by atoms with Crippen LogP contribution in [0.3, 0.4) is 0 Å². The lowest BCUT2D eigenvalue weighted by atomic mass is 10.2. The summed E-state index contributed by atoms with van der Waals surface area (Å²) < 4.78 is 13.0. The van der Waals surface area contributed by atoms with Crippen molar-refractivity contribution in [1.82, 2.24) is 10.2 Å². The molecule has 1 N–H and O–H groups in total. The lowest BCUT2D eigenvalue weighted by Gasteiger charge is -2.35. The van der Waals surface area contributed by atoms with Crippen molar-refractivity contribution in [2.24, 2.45) is 0 Å². The number of carbonyl (C=O) groups excluding carboxylic acids is 1. The number of nitrogens with one attached hydrogen (secondary N) is 1. The van der Waals surface area contributed by atoms with Crippen LogP contribution in [-0.2, 0) is 10.5 Å². The zero-order valence-corrected chi connectivity index (χ0v) is 16.3. The van der Waals surface area contributed by atoms with Crippen LogP contribution in [0.5, 0.6) is 0 Å². The van der Waals surface area contributed by atoms with E-state index in [2.05, 4.69) is 27.2 Å². The number of halogens is 1. The summed E-state index contributed by atoms with van der Waals surface area (Å²) in [7, 11) is 0. The second kappa shape index (κ2) is 10.3. The van der Waals surface area contributed by atoms with Gasteiger partial charge in [0.05, 0.1) is 6.54 Å². The Morgan fingerprint density at radius 3 is 2.41 bits per heavy atom. The molecule has 1 heterocycles. The Hall–Kier alpha value is -2.05. The maximum atomic E-state index is 13.0. The molecular weight excluding hydrogens is 361 g/mol. The predicted octanol–water partition coefficient (Wildman–Crippen LogP) is 3.00. The molecule has 3 rings (SSSR count). The van der Waals surface area contributed by atoms with Crippen molar-refractivity contribution in [2.75, 3.05) is 49.9 Å². The standard InChI is InChI=1S/C21H26FN3OS/c22-19-6-8-20(9-7-19)25-13-11-24(12-14-25)16-21(26)23-10-15-27-17-18-4-2-1-3-5-18/h1-9H,10-17H2,(H,23,26). The number of carbonyl (C=O) groups is 1. The normalized spacial score (nSPS) is 14.9. The molecule has 1 amide bonds. The summed E-state index contributed by atoms with van der Waals surface area (Å²) in [5.74, 6) is 1.77. The molecule has 1 fully saturated rings. The fourth-order valence-electron chi connectivity index (χ4n) is 3.10. The first kappa shape index (κ1) is 19.7. The average molecular weight is 388 g/mol. The van der Waals surface area contributed by atoms with E-state index in [-0.39, 0.29) is 11.7 Å². The highest BCUT2D eigenvalue weighted by Gasteiger charge is 2.19. The van der Waals surface area contributed by atoms with E-state index in [1.54, 1.807) is 0 Å². The second-order valence-electron chi connectivity index (χ2n) is 6.63. The topological polar surface area (TPSA) is 35.6 Å². The Morgan fingerprint density at radius 2 is 1.70 bits per heavy atom. The van der Waals surface area contributed by atoms with Gasteiger partial charge in [-0.1, -0.05) is 30.3 Å². The molecule has 1 aliphatic rings. The van der Waals surface area contributed by atoms with Crippen molar-refractivity contribution >= 4 is 23.4 Å². The van der Waals surface area contributed by atoms with Crippen LogP contribution in [-0.4, -0.2) is 55.8 Å². The minimum atomic E-state index is -0.212. The van der Waals surface area contributed by atoms with Crippen LogP contribution in [0.4, 0.5) is 10.1 Å². The van der Waals surface area contributed by atoms with E-state index in [9.17, 15) is 9.18 Å². The number of anilines is 1. The molecule has 144 valence electrons. The van der Waals surface area contributed by atoms with Gasteiger partial charge in [-0.05, 0) is 29.8 Å². The molecule has 2 aromatic rings. The number of hydrogen-bond acceptors (Lipinski definition) is 4. The number of hydrogen-bond donors (Lipinski definition) is 1. The predicted molar refractivity (Wildman–Crippen MR) is 111 cm³/mol. The minimum Gasteiger partial charge on any atom is -0.369 e. The van der Waals surface area contributed by atoms with Crippen LogP contribution in [0, 0.1) is 5.82 Å². The van der Waals surface area contributed by atoms with Gasteiger partial charge in [0, 0.05) is 49.9 Å². The van der Waals surface area contributed by atoms with E-state index in [0.29, 0.717) is 13.1 Å². The zero-order chi connectivity index (χ0) is 18.9. The SMILES string of the molecule is O=C(CN1CCN(c2ccc(F)cc2)CC1)NCCSCc1ccccc1. The van der Waals surface area contributed by atoms with Gasteiger partial charge in [-0.3, -0.25) is 9.69 Å². The number of amides is 1. The molecule has 0 atom stereocenters.